The minimum atomic E-state index is -0.181. The largest absolute Gasteiger partial charge is 0.367 e. The molecule has 6 rings (SSSR count). The van der Waals surface area contributed by atoms with E-state index >= 15 is 4.39 Å². The van der Waals surface area contributed by atoms with Crippen molar-refractivity contribution in [3.63, 3.8) is 0 Å². The maximum atomic E-state index is 15.2. The molecule has 0 atom stereocenters. The van der Waals surface area contributed by atoms with E-state index in [4.69, 9.17) is 0 Å². The van der Waals surface area contributed by atoms with E-state index in [1.54, 1.807) is 12.3 Å². The first-order chi connectivity index (χ1) is 16.2. The Kier molecular flexibility index (Phi) is 4.84. The molecule has 2 aliphatic rings. The molecule has 33 heavy (non-hydrogen) atoms. The molecule has 0 amide bonds. The van der Waals surface area contributed by atoms with Gasteiger partial charge in [-0.05, 0) is 42.0 Å². The molecule has 1 N–H and O–H groups in total. The Bertz CT molecular complexity index is 1320. The lowest BCUT2D eigenvalue weighted by Crippen LogP contribution is -2.43. The van der Waals surface area contributed by atoms with E-state index in [9.17, 15) is 0 Å². The van der Waals surface area contributed by atoms with Gasteiger partial charge in [-0.2, -0.15) is 0 Å². The number of piperazine rings is 1. The van der Waals surface area contributed by atoms with Crippen LogP contribution in [-0.2, 0) is 0 Å². The van der Waals surface area contributed by atoms with Gasteiger partial charge < -0.3 is 20.0 Å². The molecule has 4 heterocycles. The van der Waals surface area contributed by atoms with Gasteiger partial charge in [-0.1, -0.05) is 12.1 Å². The van der Waals surface area contributed by atoms with Gasteiger partial charge in [0, 0.05) is 62.3 Å². The SMILES string of the molecule is CN1CN(c2ccc(N3CCNCC3)c(F)c2)c2c1cnc1ccc(-c3cccnc3)cc21. The van der Waals surface area contributed by atoms with E-state index < -0.39 is 0 Å². The number of aromatic nitrogens is 2. The summed E-state index contributed by atoms with van der Waals surface area (Å²) in [7, 11) is 2.04. The number of fused-ring (bicyclic) bond motifs is 3. The van der Waals surface area contributed by atoms with Gasteiger partial charge in [0.2, 0.25) is 0 Å². The summed E-state index contributed by atoms with van der Waals surface area (Å²) in [5, 5.41) is 4.37. The van der Waals surface area contributed by atoms with Gasteiger partial charge in [-0.3, -0.25) is 9.97 Å². The second kappa shape index (κ2) is 8.01. The Labute approximate surface area is 192 Å². The van der Waals surface area contributed by atoms with Gasteiger partial charge in [-0.25, -0.2) is 4.39 Å². The van der Waals surface area contributed by atoms with Gasteiger partial charge >= 0.3 is 0 Å². The van der Waals surface area contributed by atoms with Crippen LogP contribution in [0.2, 0.25) is 0 Å². The highest BCUT2D eigenvalue weighted by Crippen LogP contribution is 2.45. The number of rotatable bonds is 3. The summed E-state index contributed by atoms with van der Waals surface area (Å²) in [6, 6.07) is 15.9. The van der Waals surface area contributed by atoms with Crippen molar-refractivity contribution in [1.82, 2.24) is 15.3 Å². The third-order valence-corrected chi connectivity index (χ3v) is 6.55. The van der Waals surface area contributed by atoms with Crippen LogP contribution in [0.1, 0.15) is 0 Å². The first kappa shape index (κ1) is 19.9. The van der Waals surface area contributed by atoms with Gasteiger partial charge in [0.15, 0.2) is 0 Å². The number of nitrogens with one attached hydrogen (secondary N) is 1. The summed E-state index contributed by atoms with van der Waals surface area (Å²) in [4.78, 5) is 15.4. The van der Waals surface area contributed by atoms with Crippen LogP contribution in [0.4, 0.5) is 27.1 Å². The van der Waals surface area contributed by atoms with E-state index in [1.807, 2.05) is 43.7 Å². The highest BCUT2D eigenvalue weighted by Gasteiger charge is 2.28. The van der Waals surface area contributed by atoms with E-state index in [-0.39, 0.29) is 5.82 Å². The summed E-state index contributed by atoms with van der Waals surface area (Å²) in [5.74, 6) is -0.181. The molecular formula is C26H25FN6. The Morgan fingerprint density at radius 1 is 0.939 bits per heavy atom. The van der Waals surface area contributed by atoms with Crippen molar-refractivity contribution in [3.8, 4) is 11.1 Å². The van der Waals surface area contributed by atoms with Crippen LogP contribution in [0.25, 0.3) is 22.0 Å². The molecule has 2 aliphatic heterocycles. The van der Waals surface area contributed by atoms with E-state index in [0.717, 1.165) is 65.3 Å². The van der Waals surface area contributed by atoms with Crippen LogP contribution >= 0.6 is 0 Å². The predicted octanol–water partition coefficient (Wildman–Crippen LogP) is 4.39. The van der Waals surface area contributed by atoms with Gasteiger partial charge in [-0.15, -0.1) is 0 Å². The number of benzene rings is 2. The fourth-order valence-electron chi connectivity index (χ4n) is 4.84. The Morgan fingerprint density at radius 2 is 1.82 bits per heavy atom. The molecule has 1 fully saturated rings. The summed E-state index contributed by atoms with van der Waals surface area (Å²) < 4.78 is 15.2. The monoisotopic (exact) mass is 440 g/mol. The van der Waals surface area contributed by atoms with Crippen LogP contribution in [-0.4, -0.2) is 49.9 Å². The van der Waals surface area contributed by atoms with E-state index in [2.05, 4.69) is 48.2 Å². The maximum absolute atomic E-state index is 15.2. The molecule has 2 aromatic carbocycles. The molecule has 0 saturated carbocycles. The molecule has 0 radical (unpaired) electrons. The van der Waals surface area contributed by atoms with E-state index in [0.29, 0.717) is 12.4 Å². The lowest BCUT2D eigenvalue weighted by molar-refractivity contribution is 0.566. The molecule has 7 heteroatoms. The maximum Gasteiger partial charge on any atom is 0.148 e. The van der Waals surface area contributed by atoms with Crippen LogP contribution < -0.4 is 20.0 Å². The topological polar surface area (TPSA) is 47.5 Å². The van der Waals surface area contributed by atoms with Crippen molar-refractivity contribution < 1.29 is 4.39 Å². The number of hydrogen-bond donors (Lipinski definition) is 1. The van der Waals surface area contributed by atoms with Crippen molar-refractivity contribution in [2.24, 2.45) is 0 Å². The van der Waals surface area contributed by atoms with Crippen LogP contribution in [0.3, 0.4) is 0 Å². The third kappa shape index (κ3) is 3.45. The molecule has 166 valence electrons. The van der Waals surface area contributed by atoms with Crippen LogP contribution in [0, 0.1) is 5.82 Å². The van der Waals surface area contributed by atoms with Crippen LogP contribution in [0.5, 0.6) is 0 Å². The smallest absolute Gasteiger partial charge is 0.148 e. The highest BCUT2D eigenvalue weighted by molar-refractivity contribution is 6.04. The van der Waals surface area contributed by atoms with Gasteiger partial charge in [0.1, 0.15) is 5.82 Å². The van der Waals surface area contributed by atoms with Gasteiger partial charge in [0.25, 0.3) is 0 Å². The second-order valence-corrected chi connectivity index (χ2v) is 8.61. The molecule has 4 aromatic rings. The summed E-state index contributed by atoms with van der Waals surface area (Å²) in [6.07, 6.45) is 5.55. The second-order valence-electron chi connectivity index (χ2n) is 8.61. The first-order valence-corrected chi connectivity index (χ1v) is 11.3. The third-order valence-electron chi connectivity index (χ3n) is 6.55. The summed E-state index contributed by atoms with van der Waals surface area (Å²) >= 11 is 0. The van der Waals surface area contributed by atoms with E-state index in [1.165, 1.54) is 0 Å². The number of hydrogen-bond acceptors (Lipinski definition) is 6. The zero-order valence-corrected chi connectivity index (χ0v) is 18.5. The number of anilines is 4. The number of halogens is 1. The van der Waals surface area contributed by atoms with Crippen molar-refractivity contribution >= 4 is 33.7 Å². The summed E-state index contributed by atoms with van der Waals surface area (Å²) in [6.45, 7) is 4.03. The fraction of sp³-hybridized carbons (Fsp3) is 0.231. The highest BCUT2D eigenvalue weighted by atomic mass is 19.1. The standard InChI is InChI=1S/C26H25FN6/c1-31-17-33(20-5-7-24(22(27)14-20)32-11-9-28-10-12-32)26-21-13-18(19-3-2-8-29-15-19)4-6-23(21)30-16-25(26)31/h2-8,13-16,28H,9-12,17H2,1H3. The lowest BCUT2D eigenvalue weighted by Gasteiger charge is -2.30. The fourth-order valence-corrected chi connectivity index (χ4v) is 4.84. The minimum absolute atomic E-state index is 0.181. The van der Waals surface area contributed by atoms with Crippen LogP contribution in [0.15, 0.2) is 67.1 Å². The van der Waals surface area contributed by atoms with Crippen molar-refractivity contribution in [3.05, 3.63) is 72.9 Å². The number of nitrogens with zero attached hydrogens (tertiary/aromatic N) is 5. The average molecular weight is 441 g/mol. The molecule has 0 aliphatic carbocycles. The van der Waals surface area contributed by atoms with Crippen molar-refractivity contribution in [2.45, 2.75) is 0 Å². The Morgan fingerprint density at radius 3 is 2.61 bits per heavy atom. The lowest BCUT2D eigenvalue weighted by atomic mass is 10.0. The quantitative estimate of drug-likeness (QED) is 0.510. The Balaban J connectivity index is 1.44. The molecule has 0 spiro atoms. The normalized spacial score (nSPS) is 15.9. The molecule has 0 bridgehead atoms. The van der Waals surface area contributed by atoms with Crippen molar-refractivity contribution in [1.29, 1.82) is 0 Å². The van der Waals surface area contributed by atoms with Crippen molar-refractivity contribution in [2.75, 3.05) is 54.6 Å². The zero-order chi connectivity index (χ0) is 22.4. The first-order valence-electron chi connectivity index (χ1n) is 11.3. The molecule has 1 saturated heterocycles. The van der Waals surface area contributed by atoms with Gasteiger partial charge in [0.05, 0.1) is 35.4 Å². The minimum Gasteiger partial charge on any atom is -0.367 e. The average Bonchev–Trinajstić information content (AvgIpc) is 3.21. The predicted molar refractivity (Wildman–Crippen MR) is 132 cm³/mol. The zero-order valence-electron chi connectivity index (χ0n) is 18.5. The Hall–Kier alpha value is -3.71. The molecular weight excluding hydrogens is 415 g/mol. The molecule has 6 nitrogen and oxygen atoms in total. The molecule has 2 aromatic heterocycles. The molecule has 0 unspecified atom stereocenters. The summed E-state index contributed by atoms with van der Waals surface area (Å²) in [5.41, 5.74) is 6.67. The number of pyridine rings is 2.